The van der Waals surface area contributed by atoms with E-state index in [2.05, 4.69) is 5.32 Å². The van der Waals surface area contributed by atoms with Gasteiger partial charge in [0.1, 0.15) is 11.9 Å². The van der Waals surface area contributed by atoms with E-state index >= 15 is 4.39 Å². The van der Waals surface area contributed by atoms with E-state index in [1.165, 1.54) is 11.0 Å². The third-order valence-electron chi connectivity index (χ3n) is 6.61. The van der Waals surface area contributed by atoms with E-state index in [1.54, 1.807) is 29.2 Å². The number of nitrogens with one attached hydrogen (secondary N) is 1. The average molecular weight is 573 g/mol. The summed E-state index contributed by atoms with van der Waals surface area (Å²) in [5.74, 6) is -1.35. The summed E-state index contributed by atoms with van der Waals surface area (Å²) in [6.07, 6.45) is -1.04. The van der Waals surface area contributed by atoms with E-state index in [-0.39, 0.29) is 30.7 Å². The zero-order valence-corrected chi connectivity index (χ0v) is 23.3. The van der Waals surface area contributed by atoms with Crippen LogP contribution in [0.15, 0.2) is 42.5 Å². The van der Waals surface area contributed by atoms with Crippen molar-refractivity contribution in [1.29, 1.82) is 0 Å². The van der Waals surface area contributed by atoms with E-state index in [0.717, 1.165) is 12.1 Å². The zero-order valence-electron chi connectivity index (χ0n) is 22.5. The molecule has 0 aliphatic carbocycles. The first kappa shape index (κ1) is 29.0. The summed E-state index contributed by atoms with van der Waals surface area (Å²) in [6.45, 7) is 2.42. The van der Waals surface area contributed by atoms with Crippen molar-refractivity contribution in [3.63, 3.8) is 0 Å². The Morgan fingerprint density at radius 1 is 1.15 bits per heavy atom. The molecule has 1 atom stereocenters. The Labute approximate surface area is 237 Å². The molecule has 0 spiro atoms. The van der Waals surface area contributed by atoms with Crippen LogP contribution in [0.2, 0.25) is 0 Å². The fourth-order valence-electron chi connectivity index (χ4n) is 4.58. The van der Waals surface area contributed by atoms with E-state index in [1.807, 2.05) is 36.0 Å². The van der Waals surface area contributed by atoms with Crippen LogP contribution in [0, 0.1) is 5.82 Å². The second-order valence-corrected chi connectivity index (χ2v) is 10.3. The predicted molar refractivity (Wildman–Crippen MR) is 152 cm³/mol. The van der Waals surface area contributed by atoms with Crippen molar-refractivity contribution >= 4 is 46.7 Å². The van der Waals surface area contributed by atoms with Crippen LogP contribution < -0.4 is 20.9 Å². The van der Waals surface area contributed by atoms with Gasteiger partial charge in [-0.2, -0.15) is 0 Å². The number of carbonyl (C=O) groups excluding carboxylic acids is 3. The molecule has 2 saturated heterocycles. The van der Waals surface area contributed by atoms with Crippen molar-refractivity contribution < 1.29 is 28.2 Å². The third kappa shape index (κ3) is 7.36. The second-order valence-electron chi connectivity index (χ2n) is 9.88. The summed E-state index contributed by atoms with van der Waals surface area (Å²) in [6, 6.07) is 11.6. The van der Waals surface area contributed by atoms with Gasteiger partial charge in [-0.15, -0.1) is 0 Å². The highest BCUT2D eigenvalue weighted by Gasteiger charge is 2.33. The molecule has 0 saturated carbocycles. The van der Waals surface area contributed by atoms with Gasteiger partial charge in [-0.3, -0.25) is 9.69 Å². The first-order chi connectivity index (χ1) is 19.1. The third-order valence-corrected chi connectivity index (χ3v) is 6.75. The van der Waals surface area contributed by atoms with Crippen molar-refractivity contribution in [2.45, 2.75) is 12.6 Å². The largest absolute Gasteiger partial charge is 0.452 e. The van der Waals surface area contributed by atoms with E-state index in [0.29, 0.717) is 43.1 Å². The Bertz CT molecular complexity index is 1250. The van der Waals surface area contributed by atoms with Crippen LogP contribution in [-0.4, -0.2) is 99.0 Å². The molecule has 2 aliphatic rings. The Balaban J connectivity index is 1.25. The van der Waals surface area contributed by atoms with Crippen LogP contribution in [0.1, 0.15) is 15.9 Å². The van der Waals surface area contributed by atoms with Gasteiger partial charge in [0.25, 0.3) is 5.91 Å². The number of thiocarbonyl (C=S) groups is 1. The number of cyclic esters (lactones) is 1. The normalized spacial score (nSPS) is 17.1. The lowest BCUT2D eigenvalue weighted by Crippen LogP contribution is -2.50. The average Bonchev–Trinajstić information content (AvgIpc) is 3.31. The monoisotopic (exact) mass is 572 g/mol. The summed E-state index contributed by atoms with van der Waals surface area (Å²) in [7, 11) is 3.92. The predicted octanol–water partition coefficient (Wildman–Crippen LogP) is 1.55. The number of esters is 1. The van der Waals surface area contributed by atoms with Gasteiger partial charge in [-0.25, -0.2) is 14.0 Å². The van der Waals surface area contributed by atoms with Crippen molar-refractivity contribution in [1.82, 2.24) is 15.1 Å². The number of hydrogen-bond donors (Lipinski definition) is 2. The number of nitrogens with zero attached hydrogens (tertiary/aromatic N) is 4. The van der Waals surface area contributed by atoms with Crippen LogP contribution in [0.3, 0.4) is 0 Å². The number of carbonyl (C=O) groups is 3. The van der Waals surface area contributed by atoms with E-state index in [9.17, 15) is 14.4 Å². The molecule has 2 aliphatic heterocycles. The van der Waals surface area contributed by atoms with Gasteiger partial charge in [0.05, 0.1) is 30.0 Å². The quantitative estimate of drug-likeness (QED) is 0.338. The number of piperazine rings is 1. The lowest BCUT2D eigenvalue weighted by Gasteiger charge is -2.36. The number of ether oxygens (including phenoxy) is 2. The van der Waals surface area contributed by atoms with Crippen LogP contribution in [-0.2, 0) is 20.8 Å². The number of benzene rings is 2. The fraction of sp³-hybridized carbons (Fsp3) is 0.407. The minimum Gasteiger partial charge on any atom is -0.452 e. The van der Waals surface area contributed by atoms with Crippen molar-refractivity contribution in [3.05, 3.63) is 59.4 Å². The second kappa shape index (κ2) is 12.9. The van der Waals surface area contributed by atoms with Gasteiger partial charge in [0.2, 0.25) is 0 Å². The Morgan fingerprint density at radius 3 is 2.48 bits per heavy atom. The molecule has 0 aromatic heterocycles. The maximum atomic E-state index is 15.1. The molecule has 4 rings (SSSR count). The zero-order chi connectivity index (χ0) is 28.8. The van der Waals surface area contributed by atoms with Crippen LogP contribution in [0.5, 0.6) is 0 Å². The molecule has 214 valence electrons. The van der Waals surface area contributed by atoms with Gasteiger partial charge in [-0.05, 0) is 62.2 Å². The van der Waals surface area contributed by atoms with Crippen molar-refractivity contribution in [3.8, 4) is 0 Å². The van der Waals surface area contributed by atoms with Gasteiger partial charge >= 0.3 is 12.1 Å². The maximum Gasteiger partial charge on any atom is 0.414 e. The number of rotatable bonds is 9. The first-order valence-electron chi connectivity index (χ1n) is 12.8. The molecule has 40 heavy (non-hydrogen) atoms. The maximum absolute atomic E-state index is 15.1. The van der Waals surface area contributed by atoms with Crippen LogP contribution in [0.25, 0.3) is 0 Å². The molecule has 3 N–H and O–H groups in total. The molecule has 13 heteroatoms. The van der Waals surface area contributed by atoms with E-state index < -0.39 is 24.0 Å². The number of amides is 2. The molecular weight excluding hydrogens is 539 g/mol. The SMILES string of the molecule is CN(C)Cc1ccc(C(=O)OCC(=O)N2CCN(c3ccc(N4C[C@H](CNC(N)=S)OC4=O)cc3F)CC2)cc1. The molecule has 2 fully saturated rings. The van der Waals surface area contributed by atoms with Crippen LogP contribution >= 0.6 is 12.2 Å². The molecule has 0 unspecified atom stereocenters. The van der Waals surface area contributed by atoms with Gasteiger partial charge in [-0.1, -0.05) is 12.1 Å². The molecule has 0 bridgehead atoms. The minimum absolute atomic E-state index is 0.106. The summed E-state index contributed by atoms with van der Waals surface area (Å²) in [5.41, 5.74) is 7.62. The number of nitrogens with two attached hydrogens (primary N) is 1. The molecule has 11 nitrogen and oxygen atoms in total. The number of anilines is 2. The highest BCUT2D eigenvalue weighted by atomic mass is 32.1. The topological polar surface area (TPSA) is 121 Å². The number of halogens is 1. The summed E-state index contributed by atoms with van der Waals surface area (Å²) in [4.78, 5) is 44.1. The first-order valence-corrected chi connectivity index (χ1v) is 13.3. The summed E-state index contributed by atoms with van der Waals surface area (Å²) < 4.78 is 25.6. The molecular formula is C27H33FN6O5S. The fourth-order valence-corrected chi connectivity index (χ4v) is 4.67. The smallest absolute Gasteiger partial charge is 0.414 e. The standard InChI is InChI=1S/C27H33FN6O5S/c1-31(2)15-18-3-5-19(6-4-18)25(36)38-17-24(35)33-11-9-32(10-12-33)23-8-7-20(13-22(23)28)34-16-21(39-27(34)37)14-30-26(29)40/h3-8,13,21H,9-12,14-17H2,1-2H3,(H3,29,30,40)/t21-/m0/s1. The molecule has 2 amide bonds. The summed E-state index contributed by atoms with van der Waals surface area (Å²) >= 11 is 4.77. The highest BCUT2D eigenvalue weighted by molar-refractivity contribution is 7.80. The lowest BCUT2D eigenvalue weighted by molar-refractivity contribution is -0.134. The van der Waals surface area contributed by atoms with Crippen LogP contribution in [0.4, 0.5) is 20.6 Å². The van der Waals surface area contributed by atoms with Gasteiger partial charge in [0, 0.05) is 32.7 Å². The van der Waals surface area contributed by atoms with E-state index in [4.69, 9.17) is 27.4 Å². The number of hydrogen-bond acceptors (Lipinski definition) is 8. The summed E-state index contributed by atoms with van der Waals surface area (Å²) in [5, 5.41) is 2.86. The Hall–Kier alpha value is -3.97. The van der Waals surface area contributed by atoms with Crippen molar-refractivity contribution in [2.75, 3.05) is 69.8 Å². The molecule has 0 radical (unpaired) electrons. The Kier molecular flexibility index (Phi) is 9.38. The Morgan fingerprint density at radius 2 is 1.85 bits per heavy atom. The van der Waals surface area contributed by atoms with Gasteiger partial charge in [0.15, 0.2) is 11.7 Å². The minimum atomic E-state index is -0.573. The van der Waals surface area contributed by atoms with Crippen molar-refractivity contribution in [2.24, 2.45) is 5.73 Å². The molecule has 2 aromatic rings. The van der Waals surface area contributed by atoms with Gasteiger partial charge < -0.3 is 35.2 Å². The molecule has 2 heterocycles. The highest BCUT2D eigenvalue weighted by Crippen LogP contribution is 2.28. The lowest BCUT2D eigenvalue weighted by atomic mass is 10.1. The molecule has 2 aromatic carbocycles.